The molecule has 2 rings (SSSR count). The first-order valence-electron chi connectivity index (χ1n) is 4.31. The second-order valence-electron chi connectivity index (χ2n) is 3.35. The van der Waals surface area contributed by atoms with Crippen LogP contribution >= 0.6 is 27.5 Å². The minimum Gasteiger partial charge on any atom is -0.241 e. The van der Waals surface area contributed by atoms with Crippen molar-refractivity contribution >= 4 is 38.3 Å². The predicted molar refractivity (Wildman–Crippen MR) is 63.9 cm³/mol. The maximum Gasteiger partial charge on any atom is 0.138 e. The van der Waals surface area contributed by atoms with Gasteiger partial charge in [-0.05, 0) is 46.8 Å². The molecule has 0 aliphatic carbocycles. The molecule has 72 valence electrons. The van der Waals surface area contributed by atoms with Crippen molar-refractivity contribution in [2.75, 3.05) is 0 Å². The summed E-state index contributed by atoms with van der Waals surface area (Å²) < 4.78 is 1.03. The highest BCUT2D eigenvalue weighted by atomic mass is 79.9. The van der Waals surface area contributed by atoms with Crippen molar-refractivity contribution in [3.05, 3.63) is 39.1 Å². The Morgan fingerprint density at radius 2 is 2.00 bits per heavy atom. The van der Waals surface area contributed by atoms with Crippen LogP contribution in [-0.4, -0.2) is 4.98 Å². The lowest BCUT2D eigenvalue weighted by Crippen LogP contribution is -1.87. The summed E-state index contributed by atoms with van der Waals surface area (Å²) in [5.41, 5.74) is 2.11. The van der Waals surface area contributed by atoms with Crippen LogP contribution in [0.3, 0.4) is 0 Å². The molecule has 0 unspecified atom stereocenters. The van der Waals surface area contributed by atoms with Gasteiger partial charge < -0.3 is 0 Å². The number of rotatable bonds is 0. The standard InChI is InChI=1S/C11H9BrClN/c1-6-3-4-8-5-7(2)14-11(13)9(8)10(6)12/h3-5H,1-2H3. The maximum absolute atomic E-state index is 6.10. The SMILES string of the molecule is Cc1cc2ccc(C)c(Br)c2c(Cl)n1. The Hall–Kier alpha value is -0.600. The van der Waals surface area contributed by atoms with E-state index in [0.717, 1.165) is 20.9 Å². The van der Waals surface area contributed by atoms with Gasteiger partial charge >= 0.3 is 0 Å². The lowest BCUT2D eigenvalue weighted by molar-refractivity contribution is 1.22. The van der Waals surface area contributed by atoms with E-state index in [4.69, 9.17) is 11.6 Å². The van der Waals surface area contributed by atoms with Gasteiger partial charge in [0.25, 0.3) is 0 Å². The zero-order valence-corrected chi connectivity index (χ0v) is 10.3. The van der Waals surface area contributed by atoms with Crippen LogP contribution in [-0.2, 0) is 0 Å². The van der Waals surface area contributed by atoms with E-state index in [0.29, 0.717) is 5.15 Å². The molecule has 14 heavy (non-hydrogen) atoms. The van der Waals surface area contributed by atoms with Crippen molar-refractivity contribution in [2.45, 2.75) is 13.8 Å². The lowest BCUT2D eigenvalue weighted by Gasteiger charge is -2.06. The third-order valence-electron chi connectivity index (χ3n) is 2.21. The van der Waals surface area contributed by atoms with Gasteiger partial charge in [0.1, 0.15) is 5.15 Å². The topological polar surface area (TPSA) is 12.9 Å². The first-order valence-corrected chi connectivity index (χ1v) is 5.48. The summed E-state index contributed by atoms with van der Waals surface area (Å²) in [5.74, 6) is 0. The fraction of sp³-hybridized carbons (Fsp3) is 0.182. The van der Waals surface area contributed by atoms with E-state index in [1.165, 1.54) is 5.56 Å². The van der Waals surface area contributed by atoms with E-state index in [1.54, 1.807) is 0 Å². The number of aromatic nitrogens is 1. The Kier molecular flexibility index (Phi) is 2.50. The third kappa shape index (κ3) is 1.53. The van der Waals surface area contributed by atoms with Crippen molar-refractivity contribution in [2.24, 2.45) is 0 Å². The van der Waals surface area contributed by atoms with Gasteiger partial charge in [-0.3, -0.25) is 0 Å². The molecule has 2 aromatic rings. The van der Waals surface area contributed by atoms with Crippen LogP contribution in [0.5, 0.6) is 0 Å². The number of hydrogen-bond donors (Lipinski definition) is 0. The molecule has 1 aromatic carbocycles. The van der Waals surface area contributed by atoms with Gasteiger partial charge in [0, 0.05) is 15.6 Å². The van der Waals surface area contributed by atoms with E-state index < -0.39 is 0 Å². The van der Waals surface area contributed by atoms with Crippen LogP contribution in [0.25, 0.3) is 10.8 Å². The summed E-state index contributed by atoms with van der Waals surface area (Å²) in [4.78, 5) is 4.24. The number of halogens is 2. The molecule has 0 spiro atoms. The minimum absolute atomic E-state index is 0.565. The first kappa shape index (κ1) is 9.94. The molecule has 0 atom stereocenters. The van der Waals surface area contributed by atoms with Crippen molar-refractivity contribution in [3.8, 4) is 0 Å². The van der Waals surface area contributed by atoms with Gasteiger partial charge in [-0.25, -0.2) is 4.98 Å². The molecule has 0 fully saturated rings. The molecular formula is C11H9BrClN. The molecule has 0 bridgehead atoms. The number of hydrogen-bond acceptors (Lipinski definition) is 1. The highest BCUT2D eigenvalue weighted by Crippen LogP contribution is 2.32. The molecular weight excluding hydrogens is 261 g/mol. The minimum atomic E-state index is 0.565. The van der Waals surface area contributed by atoms with Crippen LogP contribution in [0.2, 0.25) is 5.15 Å². The molecule has 1 nitrogen and oxygen atoms in total. The zero-order chi connectivity index (χ0) is 10.3. The number of benzene rings is 1. The molecule has 0 radical (unpaired) electrons. The van der Waals surface area contributed by atoms with Gasteiger partial charge in [-0.1, -0.05) is 23.7 Å². The smallest absolute Gasteiger partial charge is 0.138 e. The van der Waals surface area contributed by atoms with Crippen LogP contribution in [0.4, 0.5) is 0 Å². The predicted octanol–water partition coefficient (Wildman–Crippen LogP) is 4.27. The Morgan fingerprint density at radius 3 is 2.71 bits per heavy atom. The van der Waals surface area contributed by atoms with E-state index in [9.17, 15) is 0 Å². The second kappa shape index (κ2) is 3.52. The first-order chi connectivity index (χ1) is 6.59. The molecule has 0 N–H and O–H groups in total. The lowest BCUT2D eigenvalue weighted by atomic mass is 10.1. The van der Waals surface area contributed by atoms with Crippen molar-refractivity contribution in [1.82, 2.24) is 4.98 Å². The Bertz CT molecular complexity index is 508. The average molecular weight is 271 g/mol. The van der Waals surface area contributed by atoms with Gasteiger partial charge in [0.15, 0.2) is 0 Å². The largest absolute Gasteiger partial charge is 0.241 e. The summed E-state index contributed by atoms with van der Waals surface area (Å²) in [6.07, 6.45) is 0. The Labute approximate surface area is 96.2 Å². The van der Waals surface area contributed by atoms with Gasteiger partial charge in [0.2, 0.25) is 0 Å². The number of pyridine rings is 1. The average Bonchev–Trinajstić information content (AvgIpc) is 2.10. The molecule has 3 heteroatoms. The molecule has 0 saturated carbocycles. The monoisotopic (exact) mass is 269 g/mol. The van der Waals surface area contributed by atoms with Crippen LogP contribution in [0.1, 0.15) is 11.3 Å². The van der Waals surface area contributed by atoms with Crippen LogP contribution in [0, 0.1) is 13.8 Å². The highest BCUT2D eigenvalue weighted by molar-refractivity contribution is 9.10. The van der Waals surface area contributed by atoms with E-state index in [-0.39, 0.29) is 0 Å². The Balaban J connectivity index is 2.95. The quantitative estimate of drug-likeness (QED) is 0.652. The number of aryl methyl sites for hydroxylation is 2. The fourth-order valence-corrected chi connectivity index (χ4v) is 2.49. The molecule has 0 saturated heterocycles. The molecule has 1 aromatic heterocycles. The maximum atomic E-state index is 6.10. The van der Waals surface area contributed by atoms with Crippen molar-refractivity contribution in [1.29, 1.82) is 0 Å². The normalized spacial score (nSPS) is 10.9. The number of fused-ring (bicyclic) bond motifs is 1. The molecule has 1 heterocycles. The number of nitrogens with zero attached hydrogens (tertiary/aromatic N) is 1. The molecule has 0 aliphatic rings. The zero-order valence-electron chi connectivity index (χ0n) is 7.94. The second-order valence-corrected chi connectivity index (χ2v) is 4.50. The molecule has 0 aliphatic heterocycles. The van der Waals surface area contributed by atoms with E-state index in [1.807, 2.05) is 19.9 Å². The van der Waals surface area contributed by atoms with Crippen molar-refractivity contribution in [3.63, 3.8) is 0 Å². The molecule has 0 amide bonds. The summed E-state index contributed by atoms with van der Waals surface area (Å²) >= 11 is 9.63. The summed E-state index contributed by atoms with van der Waals surface area (Å²) in [7, 11) is 0. The van der Waals surface area contributed by atoms with E-state index >= 15 is 0 Å². The fourth-order valence-electron chi connectivity index (χ4n) is 1.49. The van der Waals surface area contributed by atoms with Gasteiger partial charge in [0.05, 0.1) is 0 Å². The van der Waals surface area contributed by atoms with Gasteiger partial charge in [-0.2, -0.15) is 0 Å². The van der Waals surface area contributed by atoms with Crippen molar-refractivity contribution < 1.29 is 0 Å². The van der Waals surface area contributed by atoms with Crippen LogP contribution < -0.4 is 0 Å². The third-order valence-corrected chi connectivity index (χ3v) is 3.51. The van der Waals surface area contributed by atoms with Crippen LogP contribution in [0.15, 0.2) is 22.7 Å². The Morgan fingerprint density at radius 1 is 1.29 bits per heavy atom. The van der Waals surface area contributed by atoms with Gasteiger partial charge in [-0.15, -0.1) is 0 Å². The summed E-state index contributed by atoms with van der Waals surface area (Å²) in [6, 6.07) is 6.17. The van der Waals surface area contributed by atoms with E-state index in [2.05, 4.69) is 33.0 Å². The summed E-state index contributed by atoms with van der Waals surface area (Å²) in [6.45, 7) is 3.98. The summed E-state index contributed by atoms with van der Waals surface area (Å²) in [5, 5.41) is 2.69. The highest BCUT2D eigenvalue weighted by Gasteiger charge is 2.07.